The summed E-state index contributed by atoms with van der Waals surface area (Å²) in [6, 6.07) is 17.2. The molecule has 0 aliphatic carbocycles. The minimum atomic E-state index is -4.54. The third-order valence-corrected chi connectivity index (χ3v) is 6.47. The summed E-state index contributed by atoms with van der Waals surface area (Å²) >= 11 is 6.11. The molecular formula is C27H27ClF3N3O2. The van der Waals surface area contributed by atoms with Gasteiger partial charge in [-0.05, 0) is 67.9 Å². The second-order valence-corrected chi connectivity index (χ2v) is 9.04. The first kappa shape index (κ1) is 26.0. The summed E-state index contributed by atoms with van der Waals surface area (Å²) in [5.74, 6) is -0.540. The molecule has 1 atom stereocenters. The average Bonchev–Trinajstić information content (AvgIpc) is 2.89. The molecule has 4 rings (SSSR count). The Balaban J connectivity index is 1.65. The summed E-state index contributed by atoms with van der Waals surface area (Å²) in [5, 5.41) is 3.82. The van der Waals surface area contributed by atoms with Crippen LogP contribution in [0, 0.1) is 5.92 Å². The maximum atomic E-state index is 13.8. The molecule has 1 N–H and O–H groups in total. The summed E-state index contributed by atoms with van der Waals surface area (Å²) in [5.41, 5.74) is 0.606. The first-order valence-corrected chi connectivity index (χ1v) is 12.2. The monoisotopic (exact) mass is 517 g/mol. The number of nitrogens with one attached hydrogen (secondary N) is 1. The quantitative estimate of drug-likeness (QED) is 0.413. The van der Waals surface area contributed by atoms with Gasteiger partial charge in [-0.15, -0.1) is 0 Å². The molecule has 9 heteroatoms. The van der Waals surface area contributed by atoms with Crippen molar-refractivity contribution in [3.8, 4) is 5.75 Å². The fourth-order valence-electron chi connectivity index (χ4n) is 4.44. The van der Waals surface area contributed by atoms with Crippen molar-refractivity contribution >= 4 is 17.5 Å². The summed E-state index contributed by atoms with van der Waals surface area (Å²) in [7, 11) is 0. The Hall–Kier alpha value is -3.10. The third kappa shape index (κ3) is 6.36. The van der Waals surface area contributed by atoms with Crippen molar-refractivity contribution in [1.82, 2.24) is 15.2 Å². The maximum absolute atomic E-state index is 13.8. The second-order valence-electron chi connectivity index (χ2n) is 8.61. The second kappa shape index (κ2) is 11.8. The van der Waals surface area contributed by atoms with Gasteiger partial charge in [0.2, 0.25) is 5.91 Å². The van der Waals surface area contributed by atoms with E-state index in [1.165, 1.54) is 18.2 Å². The van der Waals surface area contributed by atoms with Crippen molar-refractivity contribution in [2.75, 3.05) is 26.2 Å². The number of amides is 1. The average molecular weight is 518 g/mol. The van der Waals surface area contributed by atoms with Crippen LogP contribution in [0.4, 0.5) is 13.2 Å². The van der Waals surface area contributed by atoms with Crippen LogP contribution in [0.15, 0.2) is 72.9 Å². The number of carbonyl (C=O) groups excluding carboxylic acids is 1. The van der Waals surface area contributed by atoms with Gasteiger partial charge in [0.1, 0.15) is 12.4 Å². The molecule has 0 saturated carbocycles. The van der Waals surface area contributed by atoms with E-state index in [9.17, 15) is 18.0 Å². The number of carbonyl (C=O) groups is 1. The Morgan fingerprint density at radius 3 is 2.42 bits per heavy atom. The number of piperidine rings is 1. The smallest absolute Gasteiger partial charge is 0.419 e. The number of benzene rings is 2. The van der Waals surface area contributed by atoms with Gasteiger partial charge in [0.05, 0.1) is 23.8 Å². The molecular weight excluding hydrogens is 491 g/mol. The van der Waals surface area contributed by atoms with Crippen molar-refractivity contribution in [3.63, 3.8) is 0 Å². The summed E-state index contributed by atoms with van der Waals surface area (Å²) in [6.45, 7) is 1.43. The molecule has 2 heterocycles. The highest BCUT2D eigenvalue weighted by atomic mass is 35.5. The van der Waals surface area contributed by atoms with Gasteiger partial charge in [0, 0.05) is 17.1 Å². The van der Waals surface area contributed by atoms with Crippen LogP contribution in [-0.4, -0.2) is 42.0 Å². The van der Waals surface area contributed by atoms with Gasteiger partial charge >= 0.3 is 6.18 Å². The van der Waals surface area contributed by atoms with E-state index < -0.39 is 17.8 Å². The van der Waals surface area contributed by atoms with Crippen LogP contribution < -0.4 is 10.1 Å². The SMILES string of the molecule is O=C(C1CCNCC1)N(CCOc1ccccc1C(F)(F)F)[C@H](c1ccc(Cl)cc1)c1ccccn1. The third-order valence-electron chi connectivity index (χ3n) is 6.22. The summed E-state index contributed by atoms with van der Waals surface area (Å²) in [6.07, 6.45) is -1.52. The van der Waals surface area contributed by atoms with Crippen LogP contribution in [-0.2, 0) is 11.0 Å². The molecule has 1 fully saturated rings. The fourth-order valence-corrected chi connectivity index (χ4v) is 4.57. The predicted octanol–water partition coefficient (Wildman–Crippen LogP) is 5.75. The number of hydrogen-bond donors (Lipinski definition) is 1. The van der Waals surface area contributed by atoms with Crippen LogP contribution >= 0.6 is 11.6 Å². The number of rotatable bonds is 8. The van der Waals surface area contributed by atoms with Gasteiger partial charge in [-0.3, -0.25) is 9.78 Å². The minimum Gasteiger partial charge on any atom is -0.491 e. The number of ether oxygens (including phenoxy) is 1. The number of para-hydroxylation sites is 1. The number of nitrogens with zero attached hydrogens (tertiary/aromatic N) is 2. The lowest BCUT2D eigenvalue weighted by Gasteiger charge is -2.36. The van der Waals surface area contributed by atoms with Crippen LogP contribution in [0.25, 0.3) is 0 Å². The maximum Gasteiger partial charge on any atom is 0.419 e. The van der Waals surface area contributed by atoms with E-state index in [4.69, 9.17) is 16.3 Å². The first-order chi connectivity index (χ1) is 17.3. The standard InChI is InChI=1S/C27H27ClF3N3O2/c28-21-10-8-19(9-11-21)25(23-6-3-4-14-33-23)34(26(35)20-12-15-32-16-13-20)17-18-36-24-7-2-1-5-22(24)27(29,30)31/h1-11,14,20,25,32H,12-13,15-18H2/t25-/m1/s1. The van der Waals surface area contributed by atoms with E-state index in [0.29, 0.717) is 23.6 Å². The zero-order valence-electron chi connectivity index (χ0n) is 19.5. The van der Waals surface area contributed by atoms with Gasteiger partial charge in [-0.1, -0.05) is 41.9 Å². The van der Waals surface area contributed by atoms with Crippen molar-refractivity contribution in [1.29, 1.82) is 0 Å². The van der Waals surface area contributed by atoms with Gasteiger partial charge < -0.3 is 15.0 Å². The lowest BCUT2D eigenvalue weighted by Crippen LogP contribution is -2.45. The van der Waals surface area contributed by atoms with E-state index in [2.05, 4.69) is 10.3 Å². The lowest BCUT2D eigenvalue weighted by molar-refractivity contribution is -0.141. The highest BCUT2D eigenvalue weighted by molar-refractivity contribution is 6.30. The van der Waals surface area contributed by atoms with Crippen LogP contribution in [0.2, 0.25) is 5.02 Å². The van der Waals surface area contributed by atoms with Crippen molar-refractivity contribution in [2.24, 2.45) is 5.92 Å². The lowest BCUT2D eigenvalue weighted by atomic mass is 9.93. The van der Waals surface area contributed by atoms with Crippen molar-refractivity contribution in [3.05, 3.63) is 94.8 Å². The molecule has 36 heavy (non-hydrogen) atoms. The molecule has 1 aliphatic heterocycles. The zero-order valence-corrected chi connectivity index (χ0v) is 20.3. The van der Waals surface area contributed by atoms with Gasteiger partial charge in [0.15, 0.2) is 0 Å². The normalized spacial score (nSPS) is 15.3. The van der Waals surface area contributed by atoms with E-state index in [0.717, 1.165) is 24.7 Å². The van der Waals surface area contributed by atoms with E-state index >= 15 is 0 Å². The first-order valence-electron chi connectivity index (χ1n) is 11.8. The van der Waals surface area contributed by atoms with Gasteiger partial charge in [-0.25, -0.2) is 0 Å². The molecule has 1 saturated heterocycles. The van der Waals surface area contributed by atoms with Gasteiger partial charge in [0.25, 0.3) is 0 Å². The van der Waals surface area contributed by atoms with E-state index in [-0.39, 0.29) is 30.7 Å². The number of pyridine rings is 1. The van der Waals surface area contributed by atoms with Crippen LogP contribution in [0.5, 0.6) is 5.75 Å². The summed E-state index contributed by atoms with van der Waals surface area (Å²) in [4.78, 5) is 20.0. The Morgan fingerprint density at radius 1 is 1.06 bits per heavy atom. The molecule has 0 unspecified atom stereocenters. The number of alkyl halides is 3. The summed E-state index contributed by atoms with van der Waals surface area (Å²) < 4.78 is 45.9. The van der Waals surface area contributed by atoms with Crippen molar-refractivity contribution < 1.29 is 22.7 Å². The molecule has 3 aromatic rings. The highest BCUT2D eigenvalue weighted by Crippen LogP contribution is 2.36. The van der Waals surface area contributed by atoms with Gasteiger partial charge in [-0.2, -0.15) is 13.2 Å². The molecule has 0 radical (unpaired) electrons. The predicted molar refractivity (Wildman–Crippen MR) is 132 cm³/mol. The Labute approximate surface area is 213 Å². The molecule has 0 spiro atoms. The Kier molecular flexibility index (Phi) is 8.48. The number of aromatic nitrogens is 1. The minimum absolute atomic E-state index is 0.0743. The van der Waals surface area contributed by atoms with Crippen LogP contribution in [0.1, 0.15) is 35.7 Å². The Morgan fingerprint density at radius 2 is 1.75 bits per heavy atom. The molecule has 5 nitrogen and oxygen atoms in total. The molecule has 2 aromatic carbocycles. The fraction of sp³-hybridized carbons (Fsp3) is 0.333. The zero-order chi connectivity index (χ0) is 25.5. The topological polar surface area (TPSA) is 54.5 Å². The number of halogens is 4. The van der Waals surface area contributed by atoms with E-state index in [1.807, 2.05) is 24.3 Å². The molecule has 190 valence electrons. The number of hydrogen-bond acceptors (Lipinski definition) is 4. The molecule has 1 aliphatic rings. The largest absolute Gasteiger partial charge is 0.491 e. The molecule has 1 amide bonds. The highest BCUT2D eigenvalue weighted by Gasteiger charge is 2.35. The van der Waals surface area contributed by atoms with Crippen LogP contribution in [0.3, 0.4) is 0 Å². The Bertz CT molecular complexity index is 1140. The van der Waals surface area contributed by atoms with E-state index in [1.54, 1.807) is 29.3 Å². The molecule has 1 aromatic heterocycles. The molecule has 0 bridgehead atoms. The van der Waals surface area contributed by atoms with Crippen molar-refractivity contribution in [2.45, 2.75) is 25.1 Å².